The number of carbonyl (C=O) groups excluding carboxylic acids is 1. The number of halogens is 1. The molecular weight excluding hydrogens is 347 g/mol. The van der Waals surface area contributed by atoms with Gasteiger partial charge in [-0.05, 0) is 41.6 Å². The molecule has 0 atom stereocenters. The normalized spacial score (nSPS) is 10.2. The third-order valence-corrected chi connectivity index (χ3v) is 4.25. The summed E-state index contributed by atoms with van der Waals surface area (Å²) in [6.45, 7) is 2.49. The van der Waals surface area contributed by atoms with E-state index in [1.165, 1.54) is 0 Å². The Morgan fingerprint density at radius 3 is 2.88 bits per heavy atom. The number of rotatable bonds is 3. The van der Waals surface area contributed by atoms with Gasteiger partial charge in [0.2, 0.25) is 0 Å². The Hall–Kier alpha value is -0.950. The molecule has 0 radical (unpaired) electrons. The molecule has 1 aromatic heterocycles. The Bertz CT molecular complexity index is 539. The number of thiazole rings is 1. The molecule has 0 saturated heterocycles. The molecule has 0 saturated carbocycles. The van der Waals surface area contributed by atoms with Crippen molar-refractivity contribution in [2.75, 3.05) is 0 Å². The first kappa shape index (κ1) is 12.5. The highest BCUT2D eigenvalue weighted by molar-refractivity contribution is 14.1. The summed E-state index contributed by atoms with van der Waals surface area (Å²) in [6, 6.07) is 7.55. The number of amides is 1. The smallest absolute Gasteiger partial charge is 0.252 e. The molecule has 2 rings (SSSR count). The third-order valence-electron chi connectivity index (χ3n) is 2.37. The summed E-state index contributed by atoms with van der Waals surface area (Å²) in [5.74, 6) is -0.0391. The molecule has 17 heavy (non-hydrogen) atoms. The average molecular weight is 358 g/mol. The Balaban J connectivity index is 2.04. The van der Waals surface area contributed by atoms with E-state index in [1.807, 2.05) is 31.2 Å². The van der Waals surface area contributed by atoms with Crippen LogP contribution >= 0.6 is 33.9 Å². The quantitative estimate of drug-likeness (QED) is 0.858. The van der Waals surface area contributed by atoms with Crippen molar-refractivity contribution in [3.63, 3.8) is 0 Å². The van der Waals surface area contributed by atoms with Crippen molar-refractivity contribution < 1.29 is 4.79 Å². The van der Waals surface area contributed by atoms with Crippen LogP contribution < -0.4 is 5.32 Å². The van der Waals surface area contributed by atoms with Gasteiger partial charge >= 0.3 is 0 Å². The van der Waals surface area contributed by atoms with Crippen LogP contribution in [0.5, 0.6) is 0 Å². The van der Waals surface area contributed by atoms with E-state index in [2.05, 4.69) is 32.9 Å². The highest BCUT2D eigenvalue weighted by atomic mass is 127. The minimum absolute atomic E-state index is 0.0391. The molecule has 0 aliphatic heterocycles. The summed E-state index contributed by atoms with van der Waals surface area (Å²) in [5.41, 5.74) is 3.50. The van der Waals surface area contributed by atoms with Crippen LogP contribution in [0, 0.1) is 10.5 Å². The van der Waals surface area contributed by atoms with Crippen molar-refractivity contribution in [1.29, 1.82) is 0 Å². The Morgan fingerprint density at radius 1 is 1.47 bits per heavy atom. The fraction of sp³-hybridized carbons (Fsp3) is 0.167. The lowest BCUT2D eigenvalue weighted by Crippen LogP contribution is -2.23. The summed E-state index contributed by atoms with van der Waals surface area (Å²) in [4.78, 5) is 17.2. The van der Waals surface area contributed by atoms with Gasteiger partial charge in [-0.1, -0.05) is 12.1 Å². The zero-order valence-corrected chi connectivity index (χ0v) is 12.2. The first-order valence-electron chi connectivity index (χ1n) is 5.10. The van der Waals surface area contributed by atoms with Crippen molar-refractivity contribution in [3.8, 4) is 0 Å². The van der Waals surface area contributed by atoms with E-state index in [1.54, 1.807) is 16.8 Å². The van der Waals surface area contributed by atoms with Crippen LogP contribution in [-0.4, -0.2) is 10.9 Å². The maximum absolute atomic E-state index is 11.9. The maximum atomic E-state index is 11.9. The van der Waals surface area contributed by atoms with Gasteiger partial charge in [0.05, 0.1) is 23.3 Å². The van der Waals surface area contributed by atoms with Crippen molar-refractivity contribution in [2.45, 2.75) is 13.5 Å². The summed E-state index contributed by atoms with van der Waals surface area (Å²) >= 11 is 3.73. The van der Waals surface area contributed by atoms with Crippen molar-refractivity contribution in [1.82, 2.24) is 10.3 Å². The standard InChI is InChI=1S/C12H11IN2OS/c1-8-11(17-7-15-8)6-14-12(16)9-4-2-3-5-10(9)13/h2-5,7H,6H2,1H3,(H,14,16). The van der Waals surface area contributed by atoms with Crippen LogP contribution in [0.1, 0.15) is 20.9 Å². The van der Waals surface area contributed by atoms with Crippen LogP contribution in [-0.2, 0) is 6.54 Å². The van der Waals surface area contributed by atoms with Gasteiger partial charge in [0.25, 0.3) is 5.91 Å². The van der Waals surface area contributed by atoms with E-state index in [-0.39, 0.29) is 5.91 Å². The molecule has 0 aliphatic rings. The third kappa shape index (κ3) is 3.04. The molecule has 0 bridgehead atoms. The highest BCUT2D eigenvalue weighted by Gasteiger charge is 2.09. The van der Waals surface area contributed by atoms with Gasteiger partial charge in [-0.25, -0.2) is 4.98 Å². The molecule has 0 fully saturated rings. The SMILES string of the molecule is Cc1ncsc1CNC(=O)c1ccccc1I. The fourth-order valence-corrected chi connectivity index (χ4v) is 2.75. The Labute approximate surface area is 117 Å². The first-order chi connectivity index (χ1) is 8.18. The van der Waals surface area contributed by atoms with Gasteiger partial charge in [0, 0.05) is 8.45 Å². The number of aromatic nitrogens is 1. The lowest BCUT2D eigenvalue weighted by atomic mass is 10.2. The molecule has 5 heteroatoms. The number of hydrogen-bond acceptors (Lipinski definition) is 3. The van der Waals surface area contributed by atoms with E-state index < -0.39 is 0 Å². The van der Waals surface area contributed by atoms with Gasteiger partial charge in [-0.3, -0.25) is 4.79 Å². The monoisotopic (exact) mass is 358 g/mol. The number of nitrogens with one attached hydrogen (secondary N) is 1. The largest absolute Gasteiger partial charge is 0.347 e. The lowest BCUT2D eigenvalue weighted by Gasteiger charge is -2.05. The Kier molecular flexibility index (Phi) is 4.11. The minimum Gasteiger partial charge on any atom is -0.347 e. The van der Waals surface area contributed by atoms with Gasteiger partial charge in [-0.2, -0.15) is 0 Å². The zero-order valence-electron chi connectivity index (χ0n) is 9.24. The second-order valence-electron chi connectivity index (χ2n) is 3.52. The second-order valence-corrected chi connectivity index (χ2v) is 5.62. The Morgan fingerprint density at radius 2 is 2.24 bits per heavy atom. The van der Waals surface area contributed by atoms with E-state index in [0.717, 1.165) is 19.7 Å². The maximum Gasteiger partial charge on any atom is 0.252 e. The van der Waals surface area contributed by atoms with E-state index in [0.29, 0.717) is 6.54 Å². The summed E-state index contributed by atoms with van der Waals surface area (Å²) < 4.78 is 0.962. The molecule has 1 heterocycles. The number of aryl methyl sites for hydroxylation is 1. The average Bonchev–Trinajstić information content (AvgIpc) is 2.72. The molecule has 88 valence electrons. The van der Waals surface area contributed by atoms with Gasteiger partial charge < -0.3 is 5.32 Å². The fourth-order valence-electron chi connectivity index (χ4n) is 1.40. The van der Waals surface area contributed by atoms with Crippen molar-refractivity contribution >= 4 is 39.8 Å². The second kappa shape index (κ2) is 5.59. The number of nitrogens with zero attached hydrogens (tertiary/aromatic N) is 1. The predicted octanol–water partition coefficient (Wildman–Crippen LogP) is 2.99. The van der Waals surface area contributed by atoms with Crippen LogP contribution in [0.4, 0.5) is 0 Å². The van der Waals surface area contributed by atoms with Gasteiger partial charge in [-0.15, -0.1) is 11.3 Å². The summed E-state index contributed by atoms with van der Waals surface area (Å²) in [6.07, 6.45) is 0. The highest BCUT2D eigenvalue weighted by Crippen LogP contribution is 2.14. The molecule has 0 unspecified atom stereocenters. The van der Waals surface area contributed by atoms with Crippen molar-refractivity contribution in [2.24, 2.45) is 0 Å². The van der Waals surface area contributed by atoms with Crippen LogP contribution in [0.25, 0.3) is 0 Å². The first-order valence-corrected chi connectivity index (χ1v) is 7.06. The molecule has 0 aliphatic carbocycles. The molecule has 0 spiro atoms. The van der Waals surface area contributed by atoms with Crippen molar-refractivity contribution in [3.05, 3.63) is 49.5 Å². The molecule has 2 aromatic rings. The van der Waals surface area contributed by atoms with Crippen LogP contribution in [0.3, 0.4) is 0 Å². The van der Waals surface area contributed by atoms with Gasteiger partial charge in [0.1, 0.15) is 0 Å². The topological polar surface area (TPSA) is 42.0 Å². The predicted molar refractivity (Wildman–Crippen MR) is 77.2 cm³/mol. The molecular formula is C12H11IN2OS. The molecule has 1 aromatic carbocycles. The summed E-state index contributed by atoms with van der Waals surface area (Å²) in [7, 11) is 0. The zero-order chi connectivity index (χ0) is 12.3. The lowest BCUT2D eigenvalue weighted by molar-refractivity contribution is 0.0950. The molecule has 1 amide bonds. The number of hydrogen-bond donors (Lipinski definition) is 1. The molecule has 3 nitrogen and oxygen atoms in total. The van der Waals surface area contributed by atoms with Crippen LogP contribution in [0.15, 0.2) is 29.8 Å². The summed E-state index contributed by atoms with van der Waals surface area (Å²) in [5, 5.41) is 2.91. The molecule has 1 N–H and O–H groups in total. The number of benzene rings is 1. The van der Waals surface area contributed by atoms with Gasteiger partial charge in [0.15, 0.2) is 0 Å². The van der Waals surface area contributed by atoms with Crippen LogP contribution in [0.2, 0.25) is 0 Å². The number of carbonyl (C=O) groups is 1. The van der Waals surface area contributed by atoms with E-state index in [4.69, 9.17) is 0 Å². The van der Waals surface area contributed by atoms with E-state index in [9.17, 15) is 4.79 Å². The van der Waals surface area contributed by atoms with E-state index >= 15 is 0 Å². The minimum atomic E-state index is -0.0391.